The number of anilines is 1. The Bertz CT molecular complexity index is 988. The Morgan fingerprint density at radius 2 is 1.61 bits per heavy atom. The van der Waals surface area contributed by atoms with Crippen LogP contribution in [-0.2, 0) is 11.3 Å². The molecule has 0 bridgehead atoms. The van der Waals surface area contributed by atoms with E-state index in [1.807, 2.05) is 42.5 Å². The fraction of sp³-hybridized carbons (Fsp3) is 0.200. The highest BCUT2D eigenvalue weighted by molar-refractivity contribution is 6.04. The number of nitrogens with one attached hydrogen (secondary N) is 2. The normalized spacial score (nSPS) is 10.2. The van der Waals surface area contributed by atoms with Crippen LogP contribution in [0.4, 0.5) is 5.69 Å². The van der Waals surface area contributed by atoms with Gasteiger partial charge in [-0.25, -0.2) is 0 Å². The van der Waals surface area contributed by atoms with E-state index in [0.717, 1.165) is 17.7 Å². The molecule has 0 heterocycles. The third-order valence-corrected chi connectivity index (χ3v) is 4.38. The Hall–Kier alpha value is -3.80. The zero-order chi connectivity index (χ0) is 21.9. The number of hydrogen-bond donors (Lipinski definition) is 2. The number of benzene rings is 3. The molecule has 0 atom stereocenters. The van der Waals surface area contributed by atoms with Crippen LogP contribution in [-0.4, -0.2) is 25.0 Å². The summed E-state index contributed by atoms with van der Waals surface area (Å²) in [5.74, 6) is 0.879. The summed E-state index contributed by atoms with van der Waals surface area (Å²) < 4.78 is 11.1. The van der Waals surface area contributed by atoms with Crippen LogP contribution in [0.3, 0.4) is 0 Å². The number of ether oxygens (including phenoxy) is 2. The molecular formula is C25H26N2O4. The number of hydrogen-bond acceptors (Lipinski definition) is 4. The molecule has 6 nitrogen and oxygen atoms in total. The van der Waals surface area contributed by atoms with Gasteiger partial charge in [0, 0.05) is 23.9 Å². The van der Waals surface area contributed by atoms with Gasteiger partial charge in [0.05, 0.1) is 6.61 Å². The summed E-state index contributed by atoms with van der Waals surface area (Å²) in [4.78, 5) is 24.4. The van der Waals surface area contributed by atoms with Crippen molar-refractivity contribution < 1.29 is 19.1 Å². The fourth-order valence-electron chi connectivity index (χ4n) is 2.78. The van der Waals surface area contributed by atoms with Crippen molar-refractivity contribution in [3.8, 4) is 11.5 Å². The van der Waals surface area contributed by atoms with Crippen LogP contribution in [0.1, 0.15) is 29.3 Å². The van der Waals surface area contributed by atoms with Crippen LogP contribution in [0.2, 0.25) is 0 Å². The second-order valence-electron chi connectivity index (χ2n) is 6.91. The minimum Gasteiger partial charge on any atom is -0.494 e. The van der Waals surface area contributed by atoms with Crippen molar-refractivity contribution in [2.45, 2.75) is 19.9 Å². The summed E-state index contributed by atoms with van der Waals surface area (Å²) >= 11 is 0. The Kier molecular flexibility index (Phi) is 8.05. The molecule has 0 aliphatic heterocycles. The molecule has 2 N–H and O–H groups in total. The first-order valence-corrected chi connectivity index (χ1v) is 10.2. The van der Waals surface area contributed by atoms with E-state index in [4.69, 9.17) is 9.47 Å². The highest BCUT2D eigenvalue weighted by atomic mass is 16.5. The van der Waals surface area contributed by atoms with Crippen LogP contribution in [0.25, 0.3) is 0 Å². The lowest BCUT2D eigenvalue weighted by molar-refractivity contribution is -0.123. The van der Waals surface area contributed by atoms with Gasteiger partial charge >= 0.3 is 0 Å². The van der Waals surface area contributed by atoms with Crippen molar-refractivity contribution in [1.29, 1.82) is 0 Å². The zero-order valence-electron chi connectivity index (χ0n) is 17.5. The lowest BCUT2D eigenvalue weighted by atomic mass is 10.2. The number of amides is 2. The Balaban J connectivity index is 1.44. The molecule has 3 aromatic rings. The quantitative estimate of drug-likeness (QED) is 0.511. The van der Waals surface area contributed by atoms with Crippen LogP contribution in [0.5, 0.6) is 11.5 Å². The van der Waals surface area contributed by atoms with Crippen molar-refractivity contribution in [2.24, 2.45) is 0 Å². The van der Waals surface area contributed by atoms with Crippen molar-refractivity contribution in [3.63, 3.8) is 0 Å². The van der Waals surface area contributed by atoms with Gasteiger partial charge in [-0.1, -0.05) is 43.3 Å². The van der Waals surface area contributed by atoms with E-state index in [9.17, 15) is 9.59 Å². The number of carbonyl (C=O) groups is 2. The smallest absolute Gasteiger partial charge is 0.258 e. The highest BCUT2D eigenvalue weighted by Gasteiger charge is 2.07. The average molecular weight is 418 g/mol. The van der Waals surface area contributed by atoms with Gasteiger partial charge < -0.3 is 20.1 Å². The van der Waals surface area contributed by atoms with Crippen molar-refractivity contribution in [3.05, 3.63) is 90.0 Å². The van der Waals surface area contributed by atoms with Crippen molar-refractivity contribution >= 4 is 17.5 Å². The fourth-order valence-corrected chi connectivity index (χ4v) is 2.78. The second kappa shape index (κ2) is 11.4. The molecular weight excluding hydrogens is 392 g/mol. The maximum Gasteiger partial charge on any atom is 0.258 e. The van der Waals surface area contributed by atoms with E-state index in [-0.39, 0.29) is 18.4 Å². The average Bonchev–Trinajstić information content (AvgIpc) is 2.81. The molecule has 0 unspecified atom stereocenters. The number of rotatable bonds is 10. The van der Waals surface area contributed by atoms with Gasteiger partial charge in [0.2, 0.25) is 0 Å². The third-order valence-electron chi connectivity index (χ3n) is 4.38. The van der Waals surface area contributed by atoms with Gasteiger partial charge in [-0.2, -0.15) is 0 Å². The van der Waals surface area contributed by atoms with Gasteiger partial charge in [-0.3, -0.25) is 9.59 Å². The Morgan fingerprint density at radius 3 is 2.35 bits per heavy atom. The van der Waals surface area contributed by atoms with Gasteiger partial charge in [0.25, 0.3) is 11.8 Å². The maximum atomic E-state index is 12.3. The minimum absolute atomic E-state index is 0.117. The topological polar surface area (TPSA) is 76.7 Å². The SMILES string of the molecule is CCCOc1ccc(CNC(=O)COc2cccc(NC(=O)c3ccccc3)c2)cc1. The lowest BCUT2D eigenvalue weighted by Gasteiger charge is -2.10. The van der Waals surface area contributed by atoms with Gasteiger partial charge in [0.15, 0.2) is 6.61 Å². The molecule has 0 saturated carbocycles. The van der Waals surface area contributed by atoms with Crippen LogP contribution < -0.4 is 20.1 Å². The number of carbonyl (C=O) groups excluding carboxylic acids is 2. The molecule has 0 aliphatic rings. The van der Waals surface area contributed by atoms with Crippen molar-refractivity contribution in [2.75, 3.05) is 18.5 Å². The zero-order valence-corrected chi connectivity index (χ0v) is 17.5. The molecule has 31 heavy (non-hydrogen) atoms. The summed E-state index contributed by atoms with van der Waals surface area (Å²) in [5.41, 5.74) is 2.14. The van der Waals surface area contributed by atoms with E-state index < -0.39 is 0 Å². The molecule has 0 radical (unpaired) electrons. The molecule has 2 amide bonds. The predicted octanol–water partition coefficient (Wildman–Crippen LogP) is 4.42. The summed E-state index contributed by atoms with van der Waals surface area (Å²) in [7, 11) is 0. The predicted molar refractivity (Wildman–Crippen MR) is 120 cm³/mol. The standard InChI is InChI=1S/C25H26N2O4/c1-2-15-30-22-13-11-19(12-14-22)17-26-24(28)18-31-23-10-6-9-21(16-23)27-25(29)20-7-4-3-5-8-20/h3-14,16H,2,15,17-18H2,1H3,(H,26,28)(H,27,29). The minimum atomic E-state index is -0.231. The molecule has 3 rings (SSSR count). The van der Waals surface area contributed by atoms with E-state index in [1.54, 1.807) is 36.4 Å². The molecule has 3 aromatic carbocycles. The van der Waals surface area contributed by atoms with Gasteiger partial charge in [-0.05, 0) is 48.4 Å². The third kappa shape index (κ3) is 7.19. The summed E-state index contributed by atoms with van der Waals surface area (Å²) in [6.45, 7) is 3.03. The van der Waals surface area contributed by atoms with Gasteiger partial charge in [-0.15, -0.1) is 0 Å². The van der Waals surface area contributed by atoms with Crippen molar-refractivity contribution in [1.82, 2.24) is 5.32 Å². The Labute approximate surface area is 182 Å². The van der Waals surface area contributed by atoms with Crippen LogP contribution in [0.15, 0.2) is 78.9 Å². The first-order chi connectivity index (χ1) is 15.1. The summed E-state index contributed by atoms with van der Waals surface area (Å²) in [6.07, 6.45) is 0.958. The molecule has 0 fully saturated rings. The largest absolute Gasteiger partial charge is 0.494 e. The van der Waals surface area contributed by atoms with Crippen LogP contribution >= 0.6 is 0 Å². The lowest BCUT2D eigenvalue weighted by Crippen LogP contribution is -2.28. The monoisotopic (exact) mass is 418 g/mol. The maximum absolute atomic E-state index is 12.3. The van der Waals surface area contributed by atoms with E-state index in [2.05, 4.69) is 17.6 Å². The molecule has 0 aromatic heterocycles. The highest BCUT2D eigenvalue weighted by Crippen LogP contribution is 2.18. The molecule has 0 saturated heterocycles. The molecule has 0 aliphatic carbocycles. The van der Waals surface area contributed by atoms with E-state index >= 15 is 0 Å². The van der Waals surface area contributed by atoms with E-state index in [0.29, 0.717) is 30.2 Å². The summed E-state index contributed by atoms with van der Waals surface area (Å²) in [5, 5.41) is 5.65. The first-order valence-electron chi connectivity index (χ1n) is 10.2. The van der Waals surface area contributed by atoms with E-state index in [1.165, 1.54) is 0 Å². The summed E-state index contributed by atoms with van der Waals surface area (Å²) in [6, 6.07) is 23.5. The van der Waals surface area contributed by atoms with Gasteiger partial charge in [0.1, 0.15) is 11.5 Å². The molecule has 0 spiro atoms. The second-order valence-corrected chi connectivity index (χ2v) is 6.91. The first kappa shape index (κ1) is 21.9. The molecule has 6 heteroatoms. The molecule has 160 valence electrons. The Morgan fingerprint density at radius 1 is 0.839 bits per heavy atom. The van der Waals surface area contributed by atoms with Crippen LogP contribution in [0, 0.1) is 0 Å².